The molecule has 0 atom stereocenters. The maximum absolute atomic E-state index is 11.2. The number of pyridine rings is 1. The molecule has 0 amide bonds. The van der Waals surface area contributed by atoms with Crippen molar-refractivity contribution in [2.24, 2.45) is 0 Å². The molecule has 0 fully saturated rings. The smallest absolute Gasteiger partial charge is 0.148 e. The molecule has 8 aromatic rings. The minimum atomic E-state index is -0.129. The minimum absolute atomic E-state index is 0. The Bertz CT molecular complexity index is 2530. The van der Waals surface area contributed by atoms with Crippen LogP contribution >= 0.6 is 0 Å². The molecule has 0 spiro atoms. The summed E-state index contributed by atoms with van der Waals surface area (Å²) in [7, 11) is 0. The van der Waals surface area contributed by atoms with Gasteiger partial charge >= 0.3 is 0 Å². The monoisotopic (exact) mass is 855 g/mol. The van der Waals surface area contributed by atoms with Crippen LogP contribution in [0.2, 0.25) is 0 Å². The van der Waals surface area contributed by atoms with Crippen molar-refractivity contribution in [2.45, 2.75) is 33.1 Å². The fourth-order valence-electron chi connectivity index (χ4n) is 6.72. The number of phenolic OH excluding ortho intramolecular Hbond substituents is 1. The summed E-state index contributed by atoms with van der Waals surface area (Å²) < 4.78 is 2.18. The number of fused-ring (bicyclic) bond motifs is 1. The van der Waals surface area contributed by atoms with E-state index in [2.05, 4.69) is 154 Å². The molecule has 0 saturated heterocycles. The molecule has 0 aliphatic carbocycles. The summed E-state index contributed by atoms with van der Waals surface area (Å²) in [6.07, 6.45) is 1.88. The number of nitrogens with zero attached hydrogens (tertiary/aromatic N) is 3. The fourth-order valence-corrected chi connectivity index (χ4v) is 6.72. The number of aromatic nitrogens is 3. The Hall–Kier alpha value is -5.57. The van der Waals surface area contributed by atoms with E-state index in [0.717, 1.165) is 61.4 Å². The number of para-hydroxylation sites is 3. The van der Waals surface area contributed by atoms with Crippen molar-refractivity contribution in [3.63, 3.8) is 0 Å². The molecule has 8 rings (SSSR count). The standard InChI is InChI=1S/C47H38N3O.Pt/c1-31-21-23-32(24-22-31)34-25-26-48-41(30-34)36-27-35(28-37(29-36)47(2,3)4)39-17-12-19-43-45(39)49-46(40-16-9-11-20-44(40)51)50(43)42-18-10-8-15-38(42)33-13-6-5-7-14-33;/h5-26,28-30,51H,1-4H3;/q-1;. The molecule has 0 unspecified atom stereocenters. The molecule has 0 saturated carbocycles. The molecular weight excluding hydrogens is 818 g/mol. The maximum Gasteiger partial charge on any atom is 0.148 e. The molecule has 0 aliphatic rings. The van der Waals surface area contributed by atoms with Crippen molar-refractivity contribution in [1.82, 2.24) is 14.5 Å². The first-order valence-electron chi connectivity index (χ1n) is 17.3. The molecule has 52 heavy (non-hydrogen) atoms. The van der Waals surface area contributed by atoms with Crippen LogP contribution < -0.4 is 0 Å². The van der Waals surface area contributed by atoms with E-state index in [1.54, 1.807) is 6.07 Å². The summed E-state index contributed by atoms with van der Waals surface area (Å²) in [6, 6.07) is 53.5. The second kappa shape index (κ2) is 14.2. The predicted molar refractivity (Wildman–Crippen MR) is 210 cm³/mol. The van der Waals surface area contributed by atoms with Gasteiger partial charge < -0.3 is 5.11 Å². The van der Waals surface area contributed by atoms with Gasteiger partial charge in [0.1, 0.15) is 11.6 Å². The van der Waals surface area contributed by atoms with Gasteiger partial charge in [0.2, 0.25) is 0 Å². The number of imidazole rings is 1. The molecular formula is C47H38N3OPt-. The van der Waals surface area contributed by atoms with Crippen molar-refractivity contribution in [2.75, 3.05) is 0 Å². The van der Waals surface area contributed by atoms with Gasteiger partial charge in [0.05, 0.1) is 22.3 Å². The van der Waals surface area contributed by atoms with Crippen LogP contribution in [0.5, 0.6) is 5.75 Å². The molecule has 258 valence electrons. The van der Waals surface area contributed by atoms with E-state index in [4.69, 9.17) is 9.97 Å². The predicted octanol–water partition coefficient (Wildman–Crippen LogP) is 11.9. The van der Waals surface area contributed by atoms with Gasteiger partial charge in [-0.1, -0.05) is 141 Å². The molecule has 2 heterocycles. The normalized spacial score (nSPS) is 11.4. The average molecular weight is 856 g/mol. The van der Waals surface area contributed by atoms with Crippen LogP contribution in [0.3, 0.4) is 0 Å². The van der Waals surface area contributed by atoms with Crippen LogP contribution in [0, 0.1) is 13.0 Å². The van der Waals surface area contributed by atoms with Crippen LogP contribution in [0.25, 0.3) is 72.7 Å². The largest absolute Gasteiger partial charge is 0.507 e. The van der Waals surface area contributed by atoms with E-state index in [1.807, 2.05) is 30.5 Å². The van der Waals surface area contributed by atoms with Crippen molar-refractivity contribution in [3.8, 4) is 67.5 Å². The third kappa shape index (κ3) is 6.63. The Labute approximate surface area is 319 Å². The molecule has 1 N–H and O–H groups in total. The Morgan fingerprint density at radius 1 is 0.615 bits per heavy atom. The third-order valence-electron chi connectivity index (χ3n) is 9.51. The van der Waals surface area contributed by atoms with E-state index in [-0.39, 0.29) is 32.2 Å². The second-order valence-corrected chi connectivity index (χ2v) is 14.1. The fraction of sp³-hybridized carbons (Fsp3) is 0.106. The first kappa shape index (κ1) is 34.9. The van der Waals surface area contributed by atoms with Gasteiger partial charge in [0.15, 0.2) is 0 Å². The number of aromatic hydroxyl groups is 1. The molecule has 0 aliphatic heterocycles. The number of benzene rings is 6. The van der Waals surface area contributed by atoms with E-state index in [1.165, 1.54) is 11.1 Å². The molecule has 4 nitrogen and oxygen atoms in total. The Kier molecular flexibility index (Phi) is 9.53. The van der Waals surface area contributed by atoms with Crippen molar-refractivity contribution < 1.29 is 26.2 Å². The van der Waals surface area contributed by atoms with Crippen LogP contribution in [-0.4, -0.2) is 19.6 Å². The summed E-state index contributed by atoms with van der Waals surface area (Å²) in [6.45, 7) is 8.81. The zero-order valence-electron chi connectivity index (χ0n) is 29.5. The summed E-state index contributed by atoms with van der Waals surface area (Å²) in [5.41, 5.74) is 13.8. The SMILES string of the molecule is Cc1ccc(-c2ccnc(-c3[c-]c(-c4cccc5c4nc(-c4ccccc4O)n5-c4ccccc4-c4ccccc4)cc(C(C)(C)C)c3)c2)cc1.[Pt]. The molecule has 0 radical (unpaired) electrons. The first-order valence-corrected chi connectivity index (χ1v) is 17.3. The Balaban J connectivity index is 0.00000420. The number of aryl methyl sites for hydroxylation is 1. The van der Waals surface area contributed by atoms with Crippen molar-refractivity contribution >= 4 is 11.0 Å². The summed E-state index contributed by atoms with van der Waals surface area (Å²) >= 11 is 0. The third-order valence-corrected chi connectivity index (χ3v) is 9.51. The van der Waals surface area contributed by atoms with Gasteiger partial charge in [-0.15, -0.1) is 29.3 Å². The maximum atomic E-state index is 11.2. The summed E-state index contributed by atoms with van der Waals surface area (Å²) in [5.74, 6) is 0.842. The van der Waals surface area contributed by atoms with E-state index in [9.17, 15) is 5.11 Å². The topological polar surface area (TPSA) is 50.9 Å². The van der Waals surface area contributed by atoms with Crippen LogP contribution in [0.15, 0.2) is 152 Å². The first-order chi connectivity index (χ1) is 24.7. The number of phenols is 1. The zero-order chi connectivity index (χ0) is 35.1. The molecule has 5 heteroatoms. The van der Waals surface area contributed by atoms with E-state index in [0.29, 0.717) is 11.4 Å². The number of hydrogen-bond acceptors (Lipinski definition) is 3. The number of hydrogen-bond donors (Lipinski definition) is 1. The van der Waals surface area contributed by atoms with Gasteiger partial charge in [-0.25, -0.2) is 4.98 Å². The Morgan fingerprint density at radius 2 is 1.29 bits per heavy atom. The Morgan fingerprint density at radius 3 is 2.04 bits per heavy atom. The van der Waals surface area contributed by atoms with Gasteiger partial charge in [0, 0.05) is 38.5 Å². The van der Waals surface area contributed by atoms with E-state index >= 15 is 0 Å². The minimum Gasteiger partial charge on any atom is -0.507 e. The van der Waals surface area contributed by atoms with Gasteiger partial charge in [-0.2, -0.15) is 0 Å². The van der Waals surface area contributed by atoms with Crippen LogP contribution in [0.1, 0.15) is 31.9 Å². The van der Waals surface area contributed by atoms with Crippen molar-refractivity contribution in [1.29, 1.82) is 0 Å². The van der Waals surface area contributed by atoms with Crippen molar-refractivity contribution in [3.05, 3.63) is 169 Å². The zero-order valence-corrected chi connectivity index (χ0v) is 31.8. The van der Waals surface area contributed by atoms with E-state index < -0.39 is 0 Å². The van der Waals surface area contributed by atoms with Gasteiger partial charge in [-0.3, -0.25) is 9.55 Å². The molecule has 6 aromatic carbocycles. The van der Waals surface area contributed by atoms with Gasteiger partial charge in [0.25, 0.3) is 0 Å². The summed E-state index contributed by atoms with van der Waals surface area (Å²) in [4.78, 5) is 10.2. The molecule has 2 aromatic heterocycles. The number of rotatable bonds is 6. The second-order valence-electron chi connectivity index (χ2n) is 14.1. The van der Waals surface area contributed by atoms with Crippen LogP contribution in [0.4, 0.5) is 0 Å². The van der Waals surface area contributed by atoms with Crippen LogP contribution in [-0.2, 0) is 26.5 Å². The summed E-state index contributed by atoms with van der Waals surface area (Å²) in [5, 5.41) is 11.2. The molecule has 0 bridgehead atoms. The van der Waals surface area contributed by atoms with Gasteiger partial charge in [-0.05, 0) is 59.4 Å². The quantitative estimate of drug-likeness (QED) is 0.170. The average Bonchev–Trinajstić information content (AvgIpc) is 3.54.